The monoisotopic (exact) mass is 263 g/mol. The van der Waals surface area contributed by atoms with Gasteiger partial charge in [-0.2, -0.15) is 0 Å². The summed E-state index contributed by atoms with van der Waals surface area (Å²) in [7, 11) is 0. The van der Waals surface area contributed by atoms with Gasteiger partial charge in [-0.25, -0.2) is 14.4 Å². The van der Waals surface area contributed by atoms with Gasteiger partial charge in [0.15, 0.2) is 0 Å². The molecular weight excluding hydrogens is 253 g/mol. The zero-order chi connectivity index (χ0) is 14.0. The molecule has 1 aromatic carbocycles. The van der Waals surface area contributed by atoms with Gasteiger partial charge in [0.25, 0.3) is 0 Å². The molecule has 7 nitrogen and oxygen atoms in total. The highest BCUT2D eigenvalue weighted by Gasteiger charge is 2.21. The minimum Gasteiger partial charge on any atom is -0.378 e. The Bertz CT molecular complexity index is 647. The lowest BCUT2D eigenvalue weighted by Crippen LogP contribution is -2.05. The lowest BCUT2D eigenvalue weighted by Gasteiger charge is -2.09. The molecule has 0 aliphatic rings. The number of anilines is 3. The fraction of sp³-hybridized carbons (Fsp3) is 0.0909. The second-order valence-electron chi connectivity index (χ2n) is 3.80. The van der Waals surface area contributed by atoms with E-state index < -0.39 is 10.6 Å². The highest BCUT2D eigenvalue weighted by molar-refractivity contribution is 5.73. The maximum absolute atomic E-state index is 13.0. The number of halogens is 1. The van der Waals surface area contributed by atoms with Crippen molar-refractivity contribution in [3.63, 3.8) is 0 Å². The molecule has 98 valence electrons. The van der Waals surface area contributed by atoms with Crippen LogP contribution in [0.3, 0.4) is 0 Å². The summed E-state index contributed by atoms with van der Waals surface area (Å²) in [6.45, 7) is 1.67. The van der Waals surface area contributed by atoms with Crippen LogP contribution in [0.4, 0.5) is 27.4 Å². The third-order valence-corrected chi connectivity index (χ3v) is 2.47. The molecule has 0 saturated heterocycles. The number of benzene rings is 1. The standard InChI is InChI=1S/C11H10FN5O2/c1-6-4-7(12)2-3-8(6)16-11-9(17(18)19)10(13)14-5-15-11/h2-5H,1H3,(H3,13,14,15,16). The SMILES string of the molecule is Cc1cc(F)ccc1Nc1ncnc(N)c1[N+](=O)[O-]. The third-order valence-electron chi connectivity index (χ3n) is 2.47. The van der Waals surface area contributed by atoms with Gasteiger partial charge in [0, 0.05) is 5.69 Å². The number of aromatic nitrogens is 2. The second kappa shape index (κ2) is 4.84. The predicted molar refractivity (Wildman–Crippen MR) is 67.5 cm³/mol. The van der Waals surface area contributed by atoms with E-state index in [1.54, 1.807) is 6.92 Å². The van der Waals surface area contributed by atoms with E-state index in [0.717, 1.165) is 6.33 Å². The molecule has 0 aliphatic carbocycles. The number of hydrogen-bond donors (Lipinski definition) is 2. The summed E-state index contributed by atoms with van der Waals surface area (Å²) in [6.07, 6.45) is 1.11. The fourth-order valence-corrected chi connectivity index (χ4v) is 1.56. The van der Waals surface area contributed by atoms with Crippen molar-refractivity contribution >= 4 is 23.0 Å². The lowest BCUT2D eigenvalue weighted by molar-refractivity contribution is -0.383. The molecule has 0 unspecified atom stereocenters. The van der Waals surface area contributed by atoms with Gasteiger partial charge in [-0.15, -0.1) is 0 Å². The van der Waals surface area contributed by atoms with Crippen LogP contribution in [0.25, 0.3) is 0 Å². The molecule has 19 heavy (non-hydrogen) atoms. The van der Waals surface area contributed by atoms with Crippen molar-refractivity contribution in [2.24, 2.45) is 0 Å². The van der Waals surface area contributed by atoms with E-state index in [1.807, 2.05) is 0 Å². The molecule has 3 N–H and O–H groups in total. The summed E-state index contributed by atoms with van der Waals surface area (Å²) >= 11 is 0. The molecule has 2 rings (SSSR count). The van der Waals surface area contributed by atoms with Crippen LogP contribution in [0.5, 0.6) is 0 Å². The second-order valence-corrected chi connectivity index (χ2v) is 3.80. The zero-order valence-electron chi connectivity index (χ0n) is 9.92. The highest BCUT2D eigenvalue weighted by atomic mass is 19.1. The predicted octanol–water partition coefficient (Wildman–Crippen LogP) is 2.16. The molecule has 0 atom stereocenters. The molecule has 0 bridgehead atoms. The Labute approximate surface area is 107 Å². The smallest absolute Gasteiger partial charge is 0.353 e. The van der Waals surface area contributed by atoms with Gasteiger partial charge in [-0.05, 0) is 30.7 Å². The van der Waals surface area contributed by atoms with Crippen LogP contribution in [0.2, 0.25) is 0 Å². The van der Waals surface area contributed by atoms with Crippen LogP contribution < -0.4 is 11.1 Å². The normalized spacial score (nSPS) is 10.2. The molecule has 2 aromatic rings. The first-order valence-corrected chi connectivity index (χ1v) is 5.27. The van der Waals surface area contributed by atoms with Gasteiger partial charge in [0.05, 0.1) is 4.92 Å². The maximum Gasteiger partial charge on any atom is 0.353 e. The Morgan fingerprint density at radius 2 is 2.16 bits per heavy atom. The average molecular weight is 263 g/mol. The first-order chi connectivity index (χ1) is 8.99. The van der Waals surface area contributed by atoms with E-state index in [4.69, 9.17) is 5.73 Å². The number of nitrogen functional groups attached to an aromatic ring is 1. The van der Waals surface area contributed by atoms with Gasteiger partial charge in [-0.3, -0.25) is 10.1 Å². The van der Waals surface area contributed by atoms with Crippen LogP contribution in [0.1, 0.15) is 5.56 Å². The van der Waals surface area contributed by atoms with Crippen LogP contribution >= 0.6 is 0 Å². The van der Waals surface area contributed by atoms with Gasteiger partial charge in [0.1, 0.15) is 12.1 Å². The number of nitrogens with zero attached hydrogens (tertiary/aromatic N) is 3. The summed E-state index contributed by atoms with van der Waals surface area (Å²) in [6, 6.07) is 4.01. The van der Waals surface area contributed by atoms with E-state index in [2.05, 4.69) is 15.3 Å². The van der Waals surface area contributed by atoms with Crippen molar-refractivity contribution < 1.29 is 9.31 Å². The first kappa shape index (κ1) is 12.7. The summed E-state index contributed by atoms with van der Waals surface area (Å²) < 4.78 is 13.0. The molecule has 0 aliphatic heterocycles. The highest BCUT2D eigenvalue weighted by Crippen LogP contribution is 2.30. The van der Waals surface area contributed by atoms with E-state index in [9.17, 15) is 14.5 Å². The molecule has 0 saturated carbocycles. The summed E-state index contributed by atoms with van der Waals surface area (Å²) in [5, 5.41) is 13.7. The van der Waals surface area contributed by atoms with Gasteiger partial charge < -0.3 is 11.1 Å². The van der Waals surface area contributed by atoms with Crippen molar-refractivity contribution in [2.45, 2.75) is 6.92 Å². The van der Waals surface area contributed by atoms with Gasteiger partial charge in [0.2, 0.25) is 11.6 Å². The lowest BCUT2D eigenvalue weighted by atomic mass is 10.2. The third kappa shape index (κ3) is 2.57. The Morgan fingerprint density at radius 3 is 2.79 bits per heavy atom. The summed E-state index contributed by atoms with van der Waals surface area (Å²) in [5.74, 6) is -0.658. The maximum atomic E-state index is 13.0. The molecule has 0 spiro atoms. The Balaban J connectivity index is 2.44. The molecule has 0 amide bonds. The topological polar surface area (TPSA) is 107 Å². The number of nitro groups is 1. The molecule has 0 fully saturated rings. The van der Waals surface area contributed by atoms with E-state index in [1.165, 1.54) is 18.2 Å². The number of nitrogens with two attached hydrogens (primary N) is 1. The van der Waals surface area contributed by atoms with Gasteiger partial charge >= 0.3 is 5.69 Å². The zero-order valence-corrected chi connectivity index (χ0v) is 9.92. The van der Waals surface area contributed by atoms with E-state index in [0.29, 0.717) is 11.3 Å². The molecular formula is C11H10FN5O2. The summed E-state index contributed by atoms with van der Waals surface area (Å²) in [5.41, 5.74) is 6.13. The fourth-order valence-electron chi connectivity index (χ4n) is 1.56. The quantitative estimate of drug-likeness (QED) is 0.649. The minimum atomic E-state index is -0.670. The van der Waals surface area contributed by atoms with Gasteiger partial charge in [-0.1, -0.05) is 0 Å². The summed E-state index contributed by atoms with van der Waals surface area (Å²) in [4.78, 5) is 17.6. The van der Waals surface area contributed by atoms with Crippen molar-refractivity contribution in [1.82, 2.24) is 9.97 Å². The van der Waals surface area contributed by atoms with Crippen LogP contribution in [0.15, 0.2) is 24.5 Å². The van der Waals surface area contributed by atoms with Crippen LogP contribution in [-0.2, 0) is 0 Å². The number of hydrogen-bond acceptors (Lipinski definition) is 6. The minimum absolute atomic E-state index is 0.0350. The van der Waals surface area contributed by atoms with Crippen LogP contribution in [-0.4, -0.2) is 14.9 Å². The van der Waals surface area contributed by atoms with Crippen molar-refractivity contribution in [1.29, 1.82) is 0 Å². The largest absolute Gasteiger partial charge is 0.378 e. The Morgan fingerprint density at radius 1 is 1.42 bits per heavy atom. The number of rotatable bonds is 3. The Hall–Kier alpha value is -2.77. The number of aryl methyl sites for hydroxylation is 1. The van der Waals surface area contributed by atoms with Crippen molar-refractivity contribution in [3.8, 4) is 0 Å². The van der Waals surface area contributed by atoms with Crippen molar-refractivity contribution in [2.75, 3.05) is 11.1 Å². The van der Waals surface area contributed by atoms with E-state index >= 15 is 0 Å². The Kier molecular flexibility index (Phi) is 3.23. The molecule has 1 aromatic heterocycles. The number of nitrogens with one attached hydrogen (secondary N) is 1. The molecule has 8 heteroatoms. The molecule has 0 radical (unpaired) electrons. The first-order valence-electron chi connectivity index (χ1n) is 5.27. The van der Waals surface area contributed by atoms with Crippen molar-refractivity contribution in [3.05, 3.63) is 46.0 Å². The average Bonchev–Trinajstić information content (AvgIpc) is 2.32. The molecule has 1 heterocycles. The van der Waals surface area contributed by atoms with E-state index in [-0.39, 0.29) is 17.5 Å². The van der Waals surface area contributed by atoms with Crippen LogP contribution in [0, 0.1) is 22.9 Å².